The van der Waals surface area contributed by atoms with E-state index in [2.05, 4.69) is 24.8 Å². The Bertz CT molecular complexity index is 1880. The number of benzene rings is 1. The fraction of sp³-hybridized carbons (Fsp3) is 0.250. The second-order valence-electron chi connectivity index (χ2n) is 8.70. The summed E-state index contributed by atoms with van der Waals surface area (Å²) in [5.41, 5.74) is -0.774. The molecule has 0 N–H and O–H groups in total. The van der Waals surface area contributed by atoms with Gasteiger partial charge in [-0.3, -0.25) is 0 Å². The Morgan fingerprint density at radius 1 is 1.00 bits per heavy atom. The van der Waals surface area contributed by atoms with Gasteiger partial charge in [0.1, 0.15) is 22.7 Å². The summed E-state index contributed by atoms with van der Waals surface area (Å²) in [4.78, 5) is 12.3. The SMILES string of the molecule is CCS(=O)(=O)c1nn2c(-c3ccc(OC(F)(F)C(F)F)cc3)ccnc2c1-c1nc2cc(C(F)(F)F)cnc2n1C. The molecule has 17 heteroatoms. The molecule has 0 unspecified atom stereocenters. The summed E-state index contributed by atoms with van der Waals surface area (Å²) in [6.07, 6.45) is -11.5. The zero-order chi connectivity index (χ0) is 29.9. The second kappa shape index (κ2) is 9.67. The van der Waals surface area contributed by atoms with Crippen LogP contribution in [0, 0.1) is 0 Å². The molecule has 41 heavy (non-hydrogen) atoms. The second-order valence-corrected chi connectivity index (χ2v) is 10.9. The van der Waals surface area contributed by atoms with E-state index in [0.717, 1.165) is 22.7 Å². The lowest BCUT2D eigenvalue weighted by Gasteiger charge is -2.16. The van der Waals surface area contributed by atoms with E-state index in [9.17, 15) is 39.2 Å². The summed E-state index contributed by atoms with van der Waals surface area (Å²) in [5.74, 6) is -1.01. The van der Waals surface area contributed by atoms with Gasteiger partial charge >= 0.3 is 18.7 Å². The molecule has 0 spiro atoms. The third-order valence-corrected chi connectivity index (χ3v) is 7.71. The van der Waals surface area contributed by atoms with Crippen molar-refractivity contribution in [3.63, 3.8) is 0 Å². The largest absolute Gasteiger partial charge is 0.461 e. The lowest BCUT2D eigenvalue weighted by molar-refractivity contribution is -0.253. The van der Waals surface area contributed by atoms with E-state index in [-0.39, 0.29) is 39.6 Å². The molecule has 4 heterocycles. The summed E-state index contributed by atoms with van der Waals surface area (Å²) in [6.45, 7) is 1.37. The highest BCUT2D eigenvalue weighted by Gasteiger charge is 2.44. The van der Waals surface area contributed by atoms with Crippen LogP contribution >= 0.6 is 0 Å². The van der Waals surface area contributed by atoms with E-state index in [0.29, 0.717) is 11.8 Å². The molecule has 0 atom stereocenters. The molecule has 0 bridgehead atoms. The number of sulfone groups is 1. The van der Waals surface area contributed by atoms with Crippen molar-refractivity contribution >= 4 is 26.6 Å². The maximum absolute atomic E-state index is 13.3. The summed E-state index contributed by atoms with van der Waals surface area (Å²) >= 11 is 0. The van der Waals surface area contributed by atoms with Crippen LogP contribution in [0.25, 0.3) is 39.5 Å². The molecule has 0 aliphatic rings. The quantitative estimate of drug-likeness (QED) is 0.230. The highest BCUT2D eigenvalue weighted by atomic mass is 32.2. The molecule has 0 radical (unpaired) electrons. The lowest BCUT2D eigenvalue weighted by Crippen LogP contribution is -2.33. The third-order valence-electron chi connectivity index (χ3n) is 6.08. The fourth-order valence-corrected chi connectivity index (χ4v) is 5.02. The minimum absolute atomic E-state index is 0.0338. The first-order valence-corrected chi connectivity index (χ1v) is 13.2. The predicted molar refractivity (Wildman–Crippen MR) is 130 cm³/mol. The number of pyridine rings is 1. The van der Waals surface area contributed by atoms with E-state index in [4.69, 9.17) is 0 Å². The van der Waals surface area contributed by atoms with Crippen LogP contribution in [0.3, 0.4) is 0 Å². The van der Waals surface area contributed by atoms with Gasteiger partial charge in [0.2, 0.25) is 0 Å². The zero-order valence-corrected chi connectivity index (χ0v) is 21.7. The van der Waals surface area contributed by atoms with Gasteiger partial charge in [-0.15, -0.1) is 0 Å². The van der Waals surface area contributed by atoms with Crippen molar-refractivity contribution in [3.05, 3.63) is 54.4 Å². The summed E-state index contributed by atoms with van der Waals surface area (Å²) in [7, 11) is -2.62. The molecule has 1 aromatic carbocycles. The molecule has 9 nitrogen and oxygen atoms in total. The molecule has 216 valence electrons. The number of fused-ring (bicyclic) bond motifs is 2. The van der Waals surface area contributed by atoms with Crippen molar-refractivity contribution in [2.45, 2.75) is 30.7 Å². The smallest absolute Gasteiger partial charge is 0.428 e. The maximum Gasteiger partial charge on any atom is 0.461 e. The van der Waals surface area contributed by atoms with E-state index in [1.54, 1.807) is 0 Å². The lowest BCUT2D eigenvalue weighted by atomic mass is 10.1. The molecule has 0 saturated carbocycles. The Morgan fingerprint density at radius 2 is 1.68 bits per heavy atom. The minimum atomic E-state index is -4.72. The number of imidazole rings is 1. The van der Waals surface area contributed by atoms with E-state index in [1.165, 1.54) is 42.9 Å². The first-order chi connectivity index (χ1) is 19.1. The van der Waals surface area contributed by atoms with E-state index in [1.807, 2.05) is 0 Å². The number of rotatable bonds is 7. The minimum Gasteiger partial charge on any atom is -0.428 e. The van der Waals surface area contributed by atoms with Crippen LogP contribution in [-0.4, -0.2) is 55.8 Å². The van der Waals surface area contributed by atoms with Crippen LogP contribution < -0.4 is 4.74 Å². The van der Waals surface area contributed by atoms with E-state index >= 15 is 0 Å². The maximum atomic E-state index is 13.3. The molecule has 0 saturated heterocycles. The normalized spacial score (nSPS) is 13.0. The first kappa shape index (κ1) is 28.3. The fourth-order valence-electron chi connectivity index (χ4n) is 4.04. The van der Waals surface area contributed by atoms with Gasteiger partial charge in [-0.2, -0.15) is 35.8 Å². The van der Waals surface area contributed by atoms with E-state index < -0.39 is 44.9 Å². The van der Waals surface area contributed by atoms with Gasteiger partial charge in [-0.1, -0.05) is 6.92 Å². The summed E-state index contributed by atoms with van der Waals surface area (Å²) in [5, 5.41) is 3.79. The summed E-state index contributed by atoms with van der Waals surface area (Å²) in [6, 6.07) is 6.77. The van der Waals surface area contributed by atoms with Gasteiger partial charge in [0.15, 0.2) is 26.2 Å². The molecule has 0 aliphatic carbocycles. The molecule has 0 amide bonds. The van der Waals surface area contributed by atoms with Crippen LogP contribution in [0.1, 0.15) is 12.5 Å². The third kappa shape index (κ3) is 4.93. The van der Waals surface area contributed by atoms with Crippen LogP contribution in [0.5, 0.6) is 5.75 Å². The molecule has 5 rings (SSSR count). The topological polar surface area (TPSA) is 104 Å². The van der Waals surface area contributed by atoms with Gasteiger partial charge in [-0.05, 0) is 36.4 Å². The van der Waals surface area contributed by atoms with Gasteiger partial charge in [0.05, 0.1) is 17.0 Å². The number of ether oxygens (including phenoxy) is 1. The Kier molecular flexibility index (Phi) is 6.67. The van der Waals surface area contributed by atoms with Crippen molar-refractivity contribution in [2.75, 3.05) is 5.75 Å². The standard InChI is InChI=1S/C24H17F7N6O3S/c1-3-41(38,39)21-17(20-34-15-10-13(23(27,28)29)11-33-18(15)36(20)2)19-32-9-8-16(37(19)35-21)12-4-6-14(7-5-12)40-24(30,31)22(25)26/h4-11,22H,3H2,1-2H3. The molecule has 0 aliphatic heterocycles. The molecule has 5 aromatic rings. The first-order valence-electron chi connectivity index (χ1n) is 11.6. The number of halogens is 7. The van der Waals surface area contributed by atoms with Crippen LogP contribution in [0.15, 0.2) is 53.8 Å². The Morgan fingerprint density at radius 3 is 2.29 bits per heavy atom. The zero-order valence-electron chi connectivity index (χ0n) is 20.9. The molecular formula is C24H17F7N6O3S. The van der Waals surface area contributed by atoms with Crippen molar-refractivity contribution in [1.29, 1.82) is 0 Å². The summed E-state index contributed by atoms with van der Waals surface area (Å²) < 4.78 is 124. The number of alkyl halides is 7. The van der Waals surface area contributed by atoms with Gasteiger partial charge in [-0.25, -0.2) is 27.9 Å². The number of hydrogen-bond acceptors (Lipinski definition) is 7. The van der Waals surface area contributed by atoms with Crippen molar-refractivity contribution in [1.82, 2.24) is 29.1 Å². The average molecular weight is 602 g/mol. The molecular weight excluding hydrogens is 585 g/mol. The van der Waals surface area contributed by atoms with Crippen LogP contribution in [0.2, 0.25) is 0 Å². The highest BCUT2D eigenvalue weighted by Crippen LogP contribution is 2.36. The number of aromatic nitrogens is 6. The monoisotopic (exact) mass is 602 g/mol. The van der Waals surface area contributed by atoms with Crippen molar-refractivity contribution < 1.29 is 43.9 Å². The Balaban J connectivity index is 1.70. The van der Waals surface area contributed by atoms with Gasteiger partial charge in [0, 0.05) is 25.0 Å². The molecule has 0 fully saturated rings. The average Bonchev–Trinajstić information content (AvgIpc) is 3.46. The number of aryl methyl sites for hydroxylation is 1. The number of nitrogens with zero attached hydrogens (tertiary/aromatic N) is 6. The molecule has 4 aromatic heterocycles. The van der Waals surface area contributed by atoms with Gasteiger partial charge < -0.3 is 9.30 Å². The van der Waals surface area contributed by atoms with Crippen LogP contribution in [0.4, 0.5) is 30.7 Å². The van der Waals surface area contributed by atoms with Crippen molar-refractivity contribution in [3.8, 4) is 28.4 Å². The van der Waals surface area contributed by atoms with Crippen LogP contribution in [-0.2, 0) is 23.1 Å². The predicted octanol–water partition coefficient (Wildman–Crippen LogP) is 5.39. The Hall–Kier alpha value is -4.28. The Labute approximate surface area is 226 Å². The number of hydrogen-bond donors (Lipinski definition) is 0. The van der Waals surface area contributed by atoms with Gasteiger partial charge in [0.25, 0.3) is 0 Å². The highest BCUT2D eigenvalue weighted by molar-refractivity contribution is 7.91. The van der Waals surface area contributed by atoms with Crippen molar-refractivity contribution in [2.24, 2.45) is 7.05 Å².